The second-order valence-corrected chi connectivity index (χ2v) is 2.27. The van der Waals surface area contributed by atoms with E-state index in [0.29, 0.717) is 0 Å². The molecule has 1 rings (SSSR count). The van der Waals surface area contributed by atoms with Crippen molar-refractivity contribution in [1.29, 1.82) is 0 Å². The number of hydrogen-bond acceptors (Lipinski definition) is 3. The van der Waals surface area contributed by atoms with Crippen LogP contribution in [-0.4, -0.2) is 11.1 Å². The van der Waals surface area contributed by atoms with Crippen LogP contribution in [0, 0.1) is 0 Å². The summed E-state index contributed by atoms with van der Waals surface area (Å²) in [5.74, 6) is 0. The molecule has 0 fully saturated rings. The van der Waals surface area contributed by atoms with Gasteiger partial charge in [0.15, 0.2) is 0 Å². The summed E-state index contributed by atoms with van der Waals surface area (Å²) in [4.78, 5) is 4.70. The molecule has 0 radical (unpaired) electrons. The molecule has 0 atom stereocenters. The van der Waals surface area contributed by atoms with E-state index in [1.807, 2.05) is 13.8 Å². The number of nitrogens with zero attached hydrogens (tertiary/aromatic N) is 2. The molecule has 0 unspecified atom stereocenters. The Morgan fingerprint density at radius 3 is 2.64 bits per heavy atom. The zero-order valence-corrected chi connectivity index (χ0v) is 7.69. The molecule has 0 aliphatic rings. The number of hydrogen-bond donors (Lipinski definition) is 0. The second-order valence-electron chi connectivity index (χ2n) is 1.44. The first-order chi connectivity index (χ1) is 5.38. The minimum atomic E-state index is 0.815. The predicted molar refractivity (Wildman–Crippen MR) is 52.8 cm³/mol. The normalized spacial score (nSPS) is 7.82. The van der Waals surface area contributed by atoms with Gasteiger partial charge in [0.05, 0.1) is 11.1 Å². The van der Waals surface area contributed by atoms with Gasteiger partial charge in [0.2, 0.25) is 0 Å². The fourth-order valence-electron chi connectivity index (χ4n) is 0.504. The van der Waals surface area contributed by atoms with Crippen LogP contribution in [0.4, 0.5) is 5.69 Å². The van der Waals surface area contributed by atoms with Gasteiger partial charge in [-0.15, -0.1) is 0 Å². The van der Waals surface area contributed by atoms with Gasteiger partial charge in [-0.3, -0.25) is 4.99 Å². The highest BCUT2D eigenvalue weighted by molar-refractivity contribution is 7.07. The van der Waals surface area contributed by atoms with Crippen molar-refractivity contribution in [3.8, 4) is 0 Å². The summed E-state index contributed by atoms with van der Waals surface area (Å²) in [5, 5.41) is 0. The van der Waals surface area contributed by atoms with Crippen LogP contribution in [0.2, 0.25) is 0 Å². The molecule has 3 heteroatoms. The standard InChI is InChI=1S/C6H6N2S.C2H6/c1-3-6-5(7-2)4-8-9-6;1-2/h3-4H,1-2H2;1-2H3. The van der Waals surface area contributed by atoms with E-state index in [9.17, 15) is 0 Å². The Labute approximate surface area is 71.5 Å². The lowest BCUT2D eigenvalue weighted by atomic mass is 10.4. The summed E-state index contributed by atoms with van der Waals surface area (Å²) in [6, 6.07) is 0. The van der Waals surface area contributed by atoms with Crippen LogP contribution in [-0.2, 0) is 0 Å². The van der Waals surface area contributed by atoms with Gasteiger partial charge in [-0.1, -0.05) is 20.4 Å². The zero-order chi connectivity index (χ0) is 8.69. The fraction of sp³-hybridized carbons (Fsp3) is 0.250. The highest BCUT2D eigenvalue weighted by Gasteiger charge is 1.96. The largest absolute Gasteiger partial charge is 0.261 e. The van der Waals surface area contributed by atoms with E-state index in [1.54, 1.807) is 12.3 Å². The first-order valence-corrected chi connectivity index (χ1v) is 4.19. The quantitative estimate of drug-likeness (QED) is 0.623. The maximum Gasteiger partial charge on any atom is 0.100 e. The molecule has 0 N–H and O–H groups in total. The van der Waals surface area contributed by atoms with Crippen molar-refractivity contribution in [3.05, 3.63) is 17.7 Å². The third-order valence-electron chi connectivity index (χ3n) is 0.934. The summed E-state index contributed by atoms with van der Waals surface area (Å²) >= 11 is 1.37. The lowest BCUT2D eigenvalue weighted by Gasteiger charge is -1.82. The molecule has 0 aromatic carbocycles. The number of aliphatic imine (C=N–C) groups is 1. The van der Waals surface area contributed by atoms with Gasteiger partial charge in [0.25, 0.3) is 0 Å². The third-order valence-corrected chi connectivity index (χ3v) is 1.72. The lowest BCUT2D eigenvalue weighted by molar-refractivity contribution is 1.50. The zero-order valence-electron chi connectivity index (χ0n) is 6.87. The highest BCUT2D eigenvalue weighted by atomic mass is 32.1. The van der Waals surface area contributed by atoms with Crippen LogP contribution in [0.5, 0.6) is 0 Å². The summed E-state index contributed by atoms with van der Waals surface area (Å²) in [6.07, 6.45) is 3.40. The average Bonchev–Trinajstić information content (AvgIpc) is 2.54. The smallest absolute Gasteiger partial charge is 0.100 e. The summed E-state index contributed by atoms with van der Waals surface area (Å²) in [5.41, 5.74) is 0.815. The summed E-state index contributed by atoms with van der Waals surface area (Å²) in [7, 11) is 0. The van der Waals surface area contributed by atoms with Crippen LogP contribution in [0.25, 0.3) is 6.08 Å². The van der Waals surface area contributed by atoms with Crippen LogP contribution in [0.3, 0.4) is 0 Å². The van der Waals surface area contributed by atoms with E-state index in [2.05, 4.69) is 22.7 Å². The first kappa shape index (κ1) is 10.0. The molecule has 1 aromatic rings. The fourth-order valence-corrected chi connectivity index (χ4v) is 1.06. The van der Waals surface area contributed by atoms with E-state index < -0.39 is 0 Å². The van der Waals surface area contributed by atoms with Crippen molar-refractivity contribution >= 4 is 30.0 Å². The van der Waals surface area contributed by atoms with Gasteiger partial charge >= 0.3 is 0 Å². The van der Waals surface area contributed by atoms with Crippen molar-refractivity contribution in [3.63, 3.8) is 0 Å². The Bertz CT molecular complexity index is 205. The summed E-state index contributed by atoms with van der Waals surface area (Å²) in [6.45, 7) is 11.0. The van der Waals surface area contributed by atoms with E-state index in [0.717, 1.165) is 10.6 Å². The van der Waals surface area contributed by atoms with Crippen LogP contribution in [0.1, 0.15) is 18.7 Å². The molecule has 11 heavy (non-hydrogen) atoms. The van der Waals surface area contributed by atoms with Gasteiger partial charge in [0, 0.05) is 0 Å². The van der Waals surface area contributed by atoms with E-state index in [1.165, 1.54) is 11.5 Å². The van der Waals surface area contributed by atoms with Gasteiger partial charge in [0.1, 0.15) is 5.69 Å². The molecular weight excluding hydrogens is 156 g/mol. The van der Waals surface area contributed by atoms with Gasteiger partial charge < -0.3 is 0 Å². The third kappa shape index (κ3) is 2.63. The van der Waals surface area contributed by atoms with Gasteiger partial charge in [-0.2, -0.15) is 4.37 Å². The van der Waals surface area contributed by atoms with Gasteiger partial charge in [-0.05, 0) is 24.3 Å². The Hall–Kier alpha value is -0.960. The lowest BCUT2D eigenvalue weighted by Crippen LogP contribution is -1.56. The topological polar surface area (TPSA) is 25.2 Å². The van der Waals surface area contributed by atoms with Crippen LogP contribution < -0.4 is 0 Å². The van der Waals surface area contributed by atoms with Gasteiger partial charge in [-0.25, -0.2) is 0 Å². The minimum absolute atomic E-state index is 0.815. The molecule has 0 spiro atoms. The second kappa shape index (κ2) is 5.80. The molecule has 0 bridgehead atoms. The molecule has 0 saturated carbocycles. The Kier molecular flexibility index (Phi) is 5.29. The monoisotopic (exact) mass is 168 g/mol. The highest BCUT2D eigenvalue weighted by Crippen LogP contribution is 2.22. The summed E-state index contributed by atoms with van der Waals surface area (Å²) < 4.78 is 3.90. The Morgan fingerprint density at radius 1 is 1.64 bits per heavy atom. The van der Waals surface area contributed by atoms with Crippen LogP contribution in [0.15, 0.2) is 17.8 Å². The molecular formula is C8H12N2S. The van der Waals surface area contributed by atoms with Crippen molar-refractivity contribution in [1.82, 2.24) is 4.37 Å². The molecule has 1 heterocycles. The molecule has 0 aliphatic carbocycles. The van der Waals surface area contributed by atoms with E-state index in [4.69, 9.17) is 0 Å². The van der Waals surface area contributed by atoms with Crippen molar-refractivity contribution in [2.75, 3.05) is 0 Å². The maximum atomic E-state index is 3.90. The minimum Gasteiger partial charge on any atom is -0.261 e. The predicted octanol–water partition coefficient (Wildman–Crippen LogP) is 3.14. The average molecular weight is 168 g/mol. The molecule has 1 aromatic heterocycles. The molecule has 60 valence electrons. The molecule has 0 saturated heterocycles. The van der Waals surface area contributed by atoms with Crippen molar-refractivity contribution in [2.24, 2.45) is 4.99 Å². The number of rotatable bonds is 2. The Morgan fingerprint density at radius 2 is 2.27 bits per heavy atom. The van der Waals surface area contributed by atoms with Crippen molar-refractivity contribution < 1.29 is 0 Å². The molecule has 0 amide bonds. The Balaban J connectivity index is 0.000000461. The number of aromatic nitrogens is 1. The first-order valence-electron chi connectivity index (χ1n) is 3.42. The molecule has 2 nitrogen and oxygen atoms in total. The maximum absolute atomic E-state index is 3.90. The van der Waals surface area contributed by atoms with E-state index in [-0.39, 0.29) is 0 Å². The van der Waals surface area contributed by atoms with E-state index >= 15 is 0 Å². The van der Waals surface area contributed by atoms with Crippen molar-refractivity contribution in [2.45, 2.75) is 13.8 Å². The van der Waals surface area contributed by atoms with Crippen LogP contribution >= 0.6 is 11.5 Å². The molecule has 0 aliphatic heterocycles. The SMILES string of the molecule is C=Cc1sncc1N=C.CC.